The summed E-state index contributed by atoms with van der Waals surface area (Å²) in [6.07, 6.45) is 0. The van der Waals surface area contributed by atoms with Gasteiger partial charge in [0.25, 0.3) is 0 Å². The summed E-state index contributed by atoms with van der Waals surface area (Å²) in [5.41, 5.74) is 1.25. The van der Waals surface area contributed by atoms with E-state index in [0.29, 0.717) is 5.69 Å². The van der Waals surface area contributed by atoms with Crippen molar-refractivity contribution >= 4 is 21.9 Å². The van der Waals surface area contributed by atoms with Crippen LogP contribution in [0, 0.1) is 6.92 Å². The summed E-state index contributed by atoms with van der Waals surface area (Å²) in [6.45, 7) is 1.67. The van der Waals surface area contributed by atoms with Crippen LogP contribution in [0.4, 0.5) is 0 Å². The Kier molecular flexibility index (Phi) is 2.74. The molecule has 0 atom stereocenters. The van der Waals surface area contributed by atoms with Crippen molar-refractivity contribution < 1.29 is 9.90 Å². The first-order valence-corrected chi connectivity index (χ1v) is 5.30. The maximum absolute atomic E-state index is 10.8. The molecule has 6 heteroatoms. The van der Waals surface area contributed by atoms with Crippen molar-refractivity contribution in [1.29, 1.82) is 0 Å². The normalized spacial score (nSPS) is 10.4. The van der Waals surface area contributed by atoms with Gasteiger partial charge in [-0.3, -0.25) is 0 Å². The number of rotatable bonds is 2. The number of halogens is 1. The van der Waals surface area contributed by atoms with Gasteiger partial charge in [0.15, 0.2) is 5.69 Å². The standard InChI is InChI=1S/C10H8BrN3O2/c1-6-9(10(15)16)12-13-14(6)8-4-2-3-7(11)5-8/h2-5H,1H3,(H,15,16). The van der Waals surface area contributed by atoms with Gasteiger partial charge in [0.2, 0.25) is 0 Å². The van der Waals surface area contributed by atoms with Gasteiger partial charge in [0.05, 0.1) is 11.4 Å². The second-order valence-corrected chi connectivity index (χ2v) is 4.14. The highest BCUT2D eigenvalue weighted by atomic mass is 79.9. The van der Waals surface area contributed by atoms with Gasteiger partial charge in [-0.25, -0.2) is 9.48 Å². The van der Waals surface area contributed by atoms with Crippen LogP contribution in [0.5, 0.6) is 0 Å². The molecule has 0 amide bonds. The average Bonchev–Trinajstić information content (AvgIpc) is 2.60. The first-order chi connectivity index (χ1) is 7.59. The Morgan fingerprint density at radius 1 is 1.50 bits per heavy atom. The molecule has 5 nitrogen and oxygen atoms in total. The molecule has 0 aliphatic heterocycles. The van der Waals surface area contributed by atoms with Gasteiger partial charge in [-0.05, 0) is 25.1 Å². The third-order valence-corrected chi connectivity index (χ3v) is 2.64. The summed E-state index contributed by atoms with van der Waals surface area (Å²) in [5.74, 6) is -1.07. The van der Waals surface area contributed by atoms with Crippen LogP contribution in [0.3, 0.4) is 0 Å². The molecule has 1 aromatic carbocycles. The number of nitrogens with zero attached hydrogens (tertiary/aromatic N) is 3. The Hall–Kier alpha value is -1.69. The fourth-order valence-corrected chi connectivity index (χ4v) is 1.77. The Bertz CT molecular complexity index is 551. The number of benzene rings is 1. The van der Waals surface area contributed by atoms with Gasteiger partial charge in [0, 0.05) is 4.47 Å². The topological polar surface area (TPSA) is 68.0 Å². The van der Waals surface area contributed by atoms with E-state index in [9.17, 15) is 4.79 Å². The predicted octanol–water partition coefficient (Wildman–Crippen LogP) is 2.04. The fraction of sp³-hybridized carbons (Fsp3) is 0.100. The lowest BCUT2D eigenvalue weighted by Crippen LogP contribution is -2.02. The van der Waals surface area contributed by atoms with Crippen molar-refractivity contribution in [1.82, 2.24) is 15.0 Å². The van der Waals surface area contributed by atoms with E-state index in [-0.39, 0.29) is 5.69 Å². The third-order valence-electron chi connectivity index (χ3n) is 2.15. The maximum Gasteiger partial charge on any atom is 0.358 e. The molecule has 82 valence electrons. The molecule has 16 heavy (non-hydrogen) atoms. The number of carboxylic acids is 1. The van der Waals surface area contributed by atoms with Crippen LogP contribution >= 0.6 is 15.9 Å². The highest BCUT2D eigenvalue weighted by Crippen LogP contribution is 2.17. The minimum atomic E-state index is -1.07. The Labute approximate surface area is 99.8 Å². The van der Waals surface area contributed by atoms with Gasteiger partial charge in [-0.2, -0.15) is 0 Å². The van der Waals surface area contributed by atoms with Crippen molar-refractivity contribution in [2.45, 2.75) is 6.92 Å². The Morgan fingerprint density at radius 2 is 2.25 bits per heavy atom. The summed E-state index contributed by atoms with van der Waals surface area (Å²) in [4.78, 5) is 10.8. The monoisotopic (exact) mass is 281 g/mol. The molecule has 0 saturated heterocycles. The van der Waals surface area contributed by atoms with Crippen LogP contribution < -0.4 is 0 Å². The Morgan fingerprint density at radius 3 is 2.81 bits per heavy atom. The fourth-order valence-electron chi connectivity index (χ4n) is 1.38. The number of carbonyl (C=O) groups is 1. The molecule has 1 aromatic heterocycles. The lowest BCUT2D eigenvalue weighted by molar-refractivity contribution is 0.0689. The van der Waals surface area contributed by atoms with Gasteiger partial charge >= 0.3 is 5.97 Å². The number of aromatic nitrogens is 3. The van der Waals surface area contributed by atoms with Crippen molar-refractivity contribution in [3.8, 4) is 5.69 Å². The highest BCUT2D eigenvalue weighted by molar-refractivity contribution is 9.10. The number of hydrogen-bond donors (Lipinski definition) is 1. The SMILES string of the molecule is Cc1c(C(=O)O)nnn1-c1cccc(Br)c1. The molecule has 0 aliphatic rings. The van der Waals surface area contributed by atoms with E-state index >= 15 is 0 Å². The number of hydrogen-bond acceptors (Lipinski definition) is 3. The van der Waals surface area contributed by atoms with E-state index in [1.54, 1.807) is 6.92 Å². The molecular formula is C10H8BrN3O2. The van der Waals surface area contributed by atoms with E-state index in [1.165, 1.54) is 4.68 Å². The summed E-state index contributed by atoms with van der Waals surface area (Å²) in [6, 6.07) is 7.40. The zero-order valence-electron chi connectivity index (χ0n) is 8.38. The van der Waals surface area contributed by atoms with Crippen molar-refractivity contribution in [2.75, 3.05) is 0 Å². The average molecular weight is 282 g/mol. The van der Waals surface area contributed by atoms with Crippen molar-refractivity contribution in [3.05, 3.63) is 40.1 Å². The minimum Gasteiger partial charge on any atom is -0.476 e. The molecule has 0 unspecified atom stereocenters. The second-order valence-electron chi connectivity index (χ2n) is 3.22. The van der Waals surface area contributed by atoms with Gasteiger partial charge in [-0.1, -0.05) is 27.2 Å². The van der Waals surface area contributed by atoms with Crippen LogP contribution in [0.1, 0.15) is 16.2 Å². The summed E-state index contributed by atoms with van der Waals surface area (Å²) < 4.78 is 2.39. The van der Waals surface area contributed by atoms with Crippen molar-refractivity contribution in [3.63, 3.8) is 0 Å². The Balaban J connectivity index is 2.53. The molecule has 1 N–H and O–H groups in total. The van der Waals surface area contributed by atoms with E-state index in [4.69, 9.17) is 5.11 Å². The van der Waals surface area contributed by atoms with Crippen molar-refractivity contribution in [2.24, 2.45) is 0 Å². The molecule has 0 bridgehead atoms. The van der Waals surface area contributed by atoms with E-state index in [1.807, 2.05) is 24.3 Å². The first kappa shape index (κ1) is 10.8. The number of aromatic carboxylic acids is 1. The second kappa shape index (κ2) is 4.05. The summed E-state index contributed by atoms with van der Waals surface area (Å²) in [5, 5.41) is 16.3. The minimum absolute atomic E-state index is 0.0278. The summed E-state index contributed by atoms with van der Waals surface area (Å²) >= 11 is 3.34. The maximum atomic E-state index is 10.8. The third kappa shape index (κ3) is 1.83. The van der Waals surface area contributed by atoms with Crippen LogP contribution in [0.2, 0.25) is 0 Å². The van der Waals surface area contributed by atoms with Gasteiger partial charge in [0.1, 0.15) is 0 Å². The van der Waals surface area contributed by atoms with Crippen LogP contribution in [0.15, 0.2) is 28.7 Å². The van der Waals surface area contributed by atoms with Crippen LogP contribution in [0.25, 0.3) is 5.69 Å². The largest absolute Gasteiger partial charge is 0.476 e. The molecule has 0 saturated carbocycles. The molecule has 0 fully saturated rings. The molecule has 2 rings (SSSR count). The predicted molar refractivity (Wildman–Crippen MR) is 60.8 cm³/mol. The molecule has 0 spiro atoms. The smallest absolute Gasteiger partial charge is 0.358 e. The molecule has 0 radical (unpaired) electrons. The highest BCUT2D eigenvalue weighted by Gasteiger charge is 2.15. The lowest BCUT2D eigenvalue weighted by Gasteiger charge is -2.02. The first-order valence-electron chi connectivity index (χ1n) is 4.51. The van der Waals surface area contributed by atoms with Gasteiger partial charge in [-0.15, -0.1) is 5.10 Å². The lowest BCUT2D eigenvalue weighted by atomic mass is 10.3. The van der Waals surface area contributed by atoms with Crippen LogP contribution in [-0.4, -0.2) is 26.1 Å². The van der Waals surface area contributed by atoms with Crippen LogP contribution in [-0.2, 0) is 0 Å². The molecule has 0 aliphatic carbocycles. The quantitative estimate of drug-likeness (QED) is 0.915. The molecular weight excluding hydrogens is 274 g/mol. The van der Waals surface area contributed by atoms with E-state index in [0.717, 1.165) is 10.2 Å². The zero-order valence-corrected chi connectivity index (χ0v) is 9.97. The van der Waals surface area contributed by atoms with Gasteiger partial charge < -0.3 is 5.11 Å². The zero-order chi connectivity index (χ0) is 11.7. The summed E-state index contributed by atoms with van der Waals surface area (Å²) in [7, 11) is 0. The molecule has 1 heterocycles. The number of carboxylic acid groups (broad SMARTS) is 1. The van der Waals surface area contributed by atoms with E-state index < -0.39 is 5.97 Å². The molecule has 2 aromatic rings. The van der Waals surface area contributed by atoms with E-state index in [2.05, 4.69) is 26.2 Å².